The van der Waals surface area contributed by atoms with Gasteiger partial charge in [0.25, 0.3) is 0 Å². The number of nitrogens with zero attached hydrogens (tertiary/aromatic N) is 1. The predicted molar refractivity (Wildman–Crippen MR) is 89.3 cm³/mol. The fraction of sp³-hybridized carbons (Fsp3) is 0.412. The van der Waals surface area contributed by atoms with E-state index >= 15 is 0 Å². The molecule has 2 nitrogen and oxygen atoms in total. The Morgan fingerprint density at radius 1 is 1.35 bits per heavy atom. The summed E-state index contributed by atoms with van der Waals surface area (Å²) in [6, 6.07) is 6.37. The lowest BCUT2D eigenvalue weighted by Crippen LogP contribution is -2.17. The van der Waals surface area contributed by atoms with E-state index in [0.717, 1.165) is 23.9 Å². The Balaban J connectivity index is 1.91. The maximum Gasteiger partial charge on any atom is 0.0421 e. The van der Waals surface area contributed by atoms with Crippen LogP contribution in [0.2, 0.25) is 0 Å². The first-order chi connectivity index (χ1) is 9.61. The SMILES string of the molecule is CC1=CC(c2cc(S)ccc2NCC2CC2)=CN(C)C1. The highest BCUT2D eigenvalue weighted by atomic mass is 32.1. The highest BCUT2D eigenvalue weighted by Gasteiger charge is 2.21. The van der Waals surface area contributed by atoms with Gasteiger partial charge in [0.1, 0.15) is 0 Å². The van der Waals surface area contributed by atoms with Crippen molar-refractivity contribution in [3.63, 3.8) is 0 Å². The van der Waals surface area contributed by atoms with E-state index in [1.165, 1.54) is 35.2 Å². The molecule has 0 atom stereocenters. The van der Waals surface area contributed by atoms with E-state index in [4.69, 9.17) is 0 Å². The summed E-state index contributed by atoms with van der Waals surface area (Å²) in [6.45, 7) is 4.28. The topological polar surface area (TPSA) is 15.3 Å². The maximum absolute atomic E-state index is 4.50. The van der Waals surface area contributed by atoms with E-state index in [1.807, 2.05) is 0 Å². The van der Waals surface area contributed by atoms with Gasteiger partial charge in [-0.1, -0.05) is 11.6 Å². The summed E-state index contributed by atoms with van der Waals surface area (Å²) in [5, 5.41) is 3.61. The second kappa shape index (κ2) is 5.57. The number of thiol groups is 1. The number of nitrogens with one attached hydrogen (secondary N) is 1. The fourth-order valence-electron chi connectivity index (χ4n) is 2.67. The second-order valence-electron chi connectivity index (χ2n) is 6.04. The molecule has 1 heterocycles. The van der Waals surface area contributed by atoms with Crippen molar-refractivity contribution in [1.82, 2.24) is 4.90 Å². The van der Waals surface area contributed by atoms with Crippen LogP contribution in [-0.2, 0) is 0 Å². The molecule has 0 saturated heterocycles. The minimum Gasteiger partial charge on any atom is -0.384 e. The molecule has 3 heteroatoms. The van der Waals surface area contributed by atoms with Crippen LogP contribution in [0.15, 0.2) is 40.9 Å². The summed E-state index contributed by atoms with van der Waals surface area (Å²) < 4.78 is 0. The van der Waals surface area contributed by atoms with Crippen LogP contribution in [0.5, 0.6) is 0 Å². The number of benzene rings is 1. The van der Waals surface area contributed by atoms with Crippen molar-refractivity contribution in [1.29, 1.82) is 0 Å². The van der Waals surface area contributed by atoms with Crippen LogP contribution in [0.4, 0.5) is 5.69 Å². The Hall–Kier alpha value is -1.35. The van der Waals surface area contributed by atoms with E-state index in [-0.39, 0.29) is 0 Å². The molecule has 1 N–H and O–H groups in total. The van der Waals surface area contributed by atoms with Crippen molar-refractivity contribution in [3.05, 3.63) is 41.6 Å². The van der Waals surface area contributed by atoms with Crippen LogP contribution < -0.4 is 5.32 Å². The zero-order chi connectivity index (χ0) is 14.1. The van der Waals surface area contributed by atoms with Crippen LogP contribution in [0.1, 0.15) is 25.3 Å². The van der Waals surface area contributed by atoms with Gasteiger partial charge in [0, 0.05) is 42.5 Å². The van der Waals surface area contributed by atoms with Crippen molar-refractivity contribution < 1.29 is 0 Å². The third kappa shape index (κ3) is 3.21. The molecule has 1 aromatic rings. The largest absolute Gasteiger partial charge is 0.384 e. The lowest BCUT2D eigenvalue weighted by atomic mass is 9.99. The number of allylic oxidation sites excluding steroid dienone is 2. The molecule has 0 radical (unpaired) electrons. The molecule has 1 saturated carbocycles. The standard InChI is InChI=1S/C17H22N2S/c1-12-7-14(11-19(2)10-12)16-8-15(20)5-6-17(16)18-9-13-3-4-13/h5-8,11,13,18,20H,3-4,9-10H2,1-2H3. The van der Waals surface area contributed by atoms with Crippen LogP contribution in [0.3, 0.4) is 0 Å². The van der Waals surface area contributed by atoms with Crippen LogP contribution in [0, 0.1) is 5.92 Å². The van der Waals surface area contributed by atoms with Gasteiger partial charge in [0.2, 0.25) is 0 Å². The van der Waals surface area contributed by atoms with Gasteiger partial charge in [0.15, 0.2) is 0 Å². The van der Waals surface area contributed by atoms with E-state index in [9.17, 15) is 0 Å². The highest BCUT2D eigenvalue weighted by Crippen LogP contribution is 2.33. The van der Waals surface area contributed by atoms with Gasteiger partial charge in [-0.25, -0.2) is 0 Å². The maximum atomic E-state index is 4.50. The number of anilines is 1. The molecule has 1 fully saturated rings. The summed E-state index contributed by atoms with van der Waals surface area (Å²) in [4.78, 5) is 3.25. The Morgan fingerprint density at radius 2 is 2.15 bits per heavy atom. The fourth-order valence-corrected chi connectivity index (χ4v) is 2.88. The smallest absolute Gasteiger partial charge is 0.0421 e. The minimum absolute atomic E-state index is 0.874. The molecule has 0 spiro atoms. The van der Waals surface area contributed by atoms with Crippen LogP contribution in [-0.4, -0.2) is 25.0 Å². The van der Waals surface area contributed by atoms with Crippen molar-refractivity contribution in [2.75, 3.05) is 25.5 Å². The van der Waals surface area contributed by atoms with Gasteiger partial charge in [-0.05, 0) is 49.5 Å². The molecule has 106 valence electrons. The van der Waals surface area contributed by atoms with Crippen LogP contribution >= 0.6 is 12.6 Å². The Labute approximate surface area is 127 Å². The monoisotopic (exact) mass is 286 g/mol. The average molecular weight is 286 g/mol. The number of hydrogen-bond donors (Lipinski definition) is 2. The van der Waals surface area contributed by atoms with Gasteiger partial charge >= 0.3 is 0 Å². The van der Waals surface area contributed by atoms with Gasteiger partial charge < -0.3 is 10.2 Å². The molecule has 3 rings (SSSR count). The number of likely N-dealkylation sites (N-methyl/N-ethyl adjacent to an activating group) is 1. The molecular formula is C17H22N2S. The second-order valence-corrected chi connectivity index (χ2v) is 6.56. The first-order valence-electron chi connectivity index (χ1n) is 7.28. The molecule has 1 aliphatic heterocycles. The van der Waals surface area contributed by atoms with E-state index in [0.29, 0.717) is 0 Å². The molecule has 1 aliphatic carbocycles. The van der Waals surface area contributed by atoms with Crippen LogP contribution in [0.25, 0.3) is 5.57 Å². The lowest BCUT2D eigenvalue weighted by Gasteiger charge is -2.23. The molecular weight excluding hydrogens is 264 g/mol. The zero-order valence-corrected chi connectivity index (χ0v) is 13.1. The van der Waals surface area contributed by atoms with Gasteiger partial charge in [-0.15, -0.1) is 12.6 Å². The zero-order valence-electron chi connectivity index (χ0n) is 12.2. The summed E-state index contributed by atoms with van der Waals surface area (Å²) >= 11 is 4.50. The van der Waals surface area contributed by atoms with E-state index in [1.54, 1.807) is 0 Å². The predicted octanol–water partition coefficient (Wildman–Crippen LogP) is 4.03. The average Bonchev–Trinajstić information content (AvgIpc) is 3.20. The number of hydrogen-bond acceptors (Lipinski definition) is 3. The molecule has 0 bridgehead atoms. The molecule has 1 aromatic carbocycles. The third-order valence-corrected chi connectivity index (χ3v) is 4.13. The Morgan fingerprint density at radius 3 is 2.85 bits per heavy atom. The van der Waals surface area contributed by atoms with Gasteiger partial charge in [-0.2, -0.15) is 0 Å². The lowest BCUT2D eigenvalue weighted by molar-refractivity contribution is 0.493. The van der Waals surface area contributed by atoms with E-state index < -0.39 is 0 Å². The van der Waals surface area contributed by atoms with Crippen molar-refractivity contribution in [3.8, 4) is 0 Å². The first kappa shape index (κ1) is 13.6. The molecule has 0 aromatic heterocycles. The summed E-state index contributed by atoms with van der Waals surface area (Å²) in [5.41, 5.74) is 5.14. The highest BCUT2D eigenvalue weighted by molar-refractivity contribution is 7.80. The first-order valence-corrected chi connectivity index (χ1v) is 7.73. The third-order valence-electron chi connectivity index (χ3n) is 3.85. The number of rotatable bonds is 4. The molecule has 2 aliphatic rings. The minimum atomic E-state index is 0.874. The van der Waals surface area contributed by atoms with Gasteiger partial charge in [0.05, 0.1) is 0 Å². The van der Waals surface area contributed by atoms with Gasteiger partial charge in [-0.3, -0.25) is 0 Å². The summed E-state index contributed by atoms with van der Waals surface area (Å²) in [6.07, 6.45) is 7.25. The summed E-state index contributed by atoms with van der Waals surface area (Å²) in [7, 11) is 2.12. The van der Waals surface area contributed by atoms with Crippen molar-refractivity contribution in [2.24, 2.45) is 5.92 Å². The molecule has 0 unspecified atom stereocenters. The van der Waals surface area contributed by atoms with E-state index in [2.05, 4.69) is 67.3 Å². The summed E-state index contributed by atoms with van der Waals surface area (Å²) in [5.74, 6) is 0.874. The van der Waals surface area contributed by atoms with Crippen molar-refractivity contribution >= 4 is 23.9 Å². The Kier molecular flexibility index (Phi) is 3.79. The quantitative estimate of drug-likeness (QED) is 0.813. The normalized spacial score (nSPS) is 18.6. The Bertz CT molecular complexity index is 570. The molecule has 20 heavy (non-hydrogen) atoms. The molecule has 0 amide bonds. The van der Waals surface area contributed by atoms with Crippen molar-refractivity contribution in [2.45, 2.75) is 24.7 Å².